The topological polar surface area (TPSA) is 23.6 Å². The fourth-order valence-electron chi connectivity index (χ4n) is 3.78. The Kier molecular flexibility index (Phi) is 4.47. The Morgan fingerprint density at radius 2 is 2.05 bits per heavy atom. The molecule has 21 heavy (non-hydrogen) atoms. The van der Waals surface area contributed by atoms with Crippen LogP contribution in [-0.2, 0) is 11.2 Å². The standard InChI is InChI=1S/C18H26N2O/c1-2-16-10-5-6-13-20(16)18(21)14-19-12-7-9-15-8-3-4-11-17(15)19/h3-4,8,11,16H,2,5-7,9-10,12-14H2,1H3. The van der Waals surface area contributed by atoms with E-state index in [1.54, 1.807) is 0 Å². The molecule has 2 aliphatic heterocycles. The average molecular weight is 286 g/mol. The third-order valence-corrected chi connectivity index (χ3v) is 4.95. The van der Waals surface area contributed by atoms with E-state index in [-0.39, 0.29) is 0 Å². The second-order valence-electron chi connectivity index (χ2n) is 6.30. The fraction of sp³-hybridized carbons (Fsp3) is 0.611. The molecule has 3 rings (SSSR count). The maximum atomic E-state index is 12.7. The lowest BCUT2D eigenvalue weighted by Gasteiger charge is -2.38. The van der Waals surface area contributed by atoms with Crippen molar-refractivity contribution in [3.05, 3.63) is 29.8 Å². The number of hydrogen-bond acceptors (Lipinski definition) is 2. The zero-order chi connectivity index (χ0) is 14.7. The van der Waals surface area contributed by atoms with Crippen LogP contribution in [0.2, 0.25) is 0 Å². The molecule has 0 saturated carbocycles. The fourth-order valence-corrected chi connectivity index (χ4v) is 3.78. The Bertz CT molecular complexity index is 500. The number of carbonyl (C=O) groups excluding carboxylic acids is 1. The molecule has 1 atom stereocenters. The summed E-state index contributed by atoms with van der Waals surface area (Å²) in [4.78, 5) is 17.1. The van der Waals surface area contributed by atoms with Crippen LogP contribution in [0.25, 0.3) is 0 Å². The van der Waals surface area contributed by atoms with Gasteiger partial charge in [-0.2, -0.15) is 0 Å². The maximum Gasteiger partial charge on any atom is 0.242 e. The minimum Gasteiger partial charge on any atom is -0.362 e. The van der Waals surface area contributed by atoms with Crippen molar-refractivity contribution in [3.63, 3.8) is 0 Å². The van der Waals surface area contributed by atoms with Gasteiger partial charge in [-0.05, 0) is 50.2 Å². The van der Waals surface area contributed by atoms with E-state index in [0.29, 0.717) is 18.5 Å². The second kappa shape index (κ2) is 6.50. The summed E-state index contributed by atoms with van der Waals surface area (Å²) >= 11 is 0. The van der Waals surface area contributed by atoms with Gasteiger partial charge in [0.1, 0.15) is 0 Å². The first-order valence-corrected chi connectivity index (χ1v) is 8.42. The third-order valence-electron chi connectivity index (χ3n) is 4.95. The minimum absolute atomic E-state index is 0.318. The molecule has 0 bridgehead atoms. The Balaban J connectivity index is 1.70. The van der Waals surface area contributed by atoms with E-state index in [9.17, 15) is 4.79 Å². The van der Waals surface area contributed by atoms with Gasteiger partial charge in [-0.1, -0.05) is 25.1 Å². The lowest BCUT2D eigenvalue weighted by atomic mass is 9.99. The first kappa shape index (κ1) is 14.4. The molecule has 3 heteroatoms. The first-order chi connectivity index (χ1) is 10.3. The number of hydrogen-bond donors (Lipinski definition) is 0. The zero-order valence-corrected chi connectivity index (χ0v) is 13.1. The molecule has 0 radical (unpaired) electrons. The lowest BCUT2D eigenvalue weighted by molar-refractivity contribution is -0.133. The number of amides is 1. The van der Waals surface area contributed by atoms with Gasteiger partial charge in [-0.25, -0.2) is 0 Å². The van der Waals surface area contributed by atoms with Crippen LogP contribution in [0.1, 0.15) is 44.6 Å². The summed E-state index contributed by atoms with van der Waals surface area (Å²) in [5.74, 6) is 0.318. The van der Waals surface area contributed by atoms with Gasteiger partial charge in [0.25, 0.3) is 0 Å². The molecule has 0 aromatic heterocycles. The van der Waals surface area contributed by atoms with E-state index in [4.69, 9.17) is 0 Å². The number of nitrogens with zero attached hydrogens (tertiary/aromatic N) is 2. The molecule has 114 valence electrons. The third kappa shape index (κ3) is 3.07. The van der Waals surface area contributed by atoms with Crippen LogP contribution in [0.3, 0.4) is 0 Å². The largest absolute Gasteiger partial charge is 0.362 e. The molecule has 1 amide bonds. The number of rotatable bonds is 3. The Morgan fingerprint density at radius 1 is 1.19 bits per heavy atom. The van der Waals surface area contributed by atoms with Crippen molar-refractivity contribution in [2.75, 3.05) is 24.5 Å². The van der Waals surface area contributed by atoms with E-state index < -0.39 is 0 Å². The van der Waals surface area contributed by atoms with Gasteiger partial charge in [0.2, 0.25) is 5.91 Å². The van der Waals surface area contributed by atoms with Crippen molar-refractivity contribution in [2.45, 2.75) is 51.5 Å². The molecule has 1 fully saturated rings. The average Bonchev–Trinajstić information content (AvgIpc) is 2.55. The highest BCUT2D eigenvalue weighted by molar-refractivity contribution is 5.82. The highest BCUT2D eigenvalue weighted by atomic mass is 16.2. The van der Waals surface area contributed by atoms with Crippen molar-refractivity contribution >= 4 is 11.6 Å². The zero-order valence-electron chi connectivity index (χ0n) is 13.1. The van der Waals surface area contributed by atoms with Crippen LogP contribution in [0.4, 0.5) is 5.69 Å². The smallest absolute Gasteiger partial charge is 0.242 e. The highest BCUT2D eigenvalue weighted by Crippen LogP contribution is 2.27. The summed E-state index contributed by atoms with van der Waals surface area (Å²) in [5, 5.41) is 0. The molecule has 0 spiro atoms. The summed E-state index contributed by atoms with van der Waals surface area (Å²) in [6.45, 7) is 4.71. The van der Waals surface area contributed by atoms with Gasteiger partial charge in [0.15, 0.2) is 0 Å². The van der Waals surface area contributed by atoms with E-state index in [0.717, 1.165) is 32.4 Å². The van der Waals surface area contributed by atoms with Crippen molar-refractivity contribution in [1.82, 2.24) is 4.90 Å². The predicted molar refractivity (Wildman–Crippen MR) is 86.6 cm³/mol. The molecule has 2 aliphatic rings. The van der Waals surface area contributed by atoms with Crippen LogP contribution in [0.5, 0.6) is 0 Å². The van der Waals surface area contributed by atoms with Gasteiger partial charge in [-0.15, -0.1) is 0 Å². The van der Waals surface area contributed by atoms with Crippen LogP contribution < -0.4 is 4.90 Å². The molecule has 1 aromatic rings. The molecule has 0 N–H and O–H groups in total. The first-order valence-electron chi connectivity index (χ1n) is 8.42. The molecule has 3 nitrogen and oxygen atoms in total. The van der Waals surface area contributed by atoms with Crippen molar-refractivity contribution in [2.24, 2.45) is 0 Å². The van der Waals surface area contributed by atoms with E-state index in [2.05, 4.69) is 41.0 Å². The lowest BCUT2D eigenvalue weighted by Crippen LogP contribution is -2.48. The second-order valence-corrected chi connectivity index (χ2v) is 6.30. The number of benzene rings is 1. The number of fused-ring (bicyclic) bond motifs is 1. The van der Waals surface area contributed by atoms with Gasteiger partial charge < -0.3 is 9.80 Å². The quantitative estimate of drug-likeness (QED) is 0.851. The normalized spacial score (nSPS) is 22.0. The van der Waals surface area contributed by atoms with Crippen LogP contribution in [-0.4, -0.2) is 36.5 Å². The van der Waals surface area contributed by atoms with Crippen molar-refractivity contribution < 1.29 is 4.79 Å². The van der Waals surface area contributed by atoms with Crippen LogP contribution in [0, 0.1) is 0 Å². The SMILES string of the molecule is CCC1CCCCN1C(=O)CN1CCCc2ccccc21. The van der Waals surface area contributed by atoms with Gasteiger partial charge in [0, 0.05) is 24.8 Å². The number of para-hydroxylation sites is 1. The summed E-state index contributed by atoms with van der Waals surface area (Å²) in [7, 11) is 0. The molecule has 2 heterocycles. The molecule has 1 unspecified atom stereocenters. The van der Waals surface area contributed by atoms with Crippen molar-refractivity contribution in [3.8, 4) is 0 Å². The summed E-state index contributed by atoms with van der Waals surface area (Å²) < 4.78 is 0. The van der Waals surface area contributed by atoms with E-state index in [1.807, 2.05) is 0 Å². The Morgan fingerprint density at radius 3 is 2.90 bits per heavy atom. The van der Waals surface area contributed by atoms with Crippen LogP contribution >= 0.6 is 0 Å². The maximum absolute atomic E-state index is 12.7. The monoisotopic (exact) mass is 286 g/mol. The molecular weight excluding hydrogens is 260 g/mol. The van der Waals surface area contributed by atoms with E-state index >= 15 is 0 Å². The number of anilines is 1. The predicted octanol–water partition coefficient (Wildman–Crippen LogP) is 3.23. The Labute approximate surface area is 127 Å². The number of likely N-dealkylation sites (tertiary alicyclic amines) is 1. The molecule has 1 saturated heterocycles. The molecule has 1 aromatic carbocycles. The van der Waals surface area contributed by atoms with Gasteiger partial charge in [0.05, 0.1) is 6.54 Å². The minimum atomic E-state index is 0.318. The summed E-state index contributed by atoms with van der Waals surface area (Å²) in [6.07, 6.45) is 7.00. The van der Waals surface area contributed by atoms with Crippen LogP contribution in [0.15, 0.2) is 24.3 Å². The van der Waals surface area contributed by atoms with Crippen molar-refractivity contribution in [1.29, 1.82) is 0 Å². The number of carbonyl (C=O) groups is 1. The number of aryl methyl sites for hydroxylation is 1. The Hall–Kier alpha value is -1.51. The highest BCUT2D eigenvalue weighted by Gasteiger charge is 2.27. The molecule has 0 aliphatic carbocycles. The summed E-state index contributed by atoms with van der Waals surface area (Å²) in [5.41, 5.74) is 2.66. The molecular formula is C18H26N2O. The summed E-state index contributed by atoms with van der Waals surface area (Å²) in [6, 6.07) is 9.00. The van der Waals surface area contributed by atoms with Gasteiger partial charge in [-0.3, -0.25) is 4.79 Å². The van der Waals surface area contributed by atoms with E-state index in [1.165, 1.54) is 30.5 Å². The number of piperidine rings is 1. The van der Waals surface area contributed by atoms with Gasteiger partial charge >= 0.3 is 0 Å².